The predicted octanol–water partition coefficient (Wildman–Crippen LogP) is 3.34. The van der Waals surface area contributed by atoms with Gasteiger partial charge in [0.2, 0.25) is 11.8 Å². The van der Waals surface area contributed by atoms with Gasteiger partial charge in [0.05, 0.1) is 17.5 Å². The quantitative estimate of drug-likeness (QED) is 0.828. The molecule has 2 amide bonds. The lowest BCUT2D eigenvalue weighted by molar-refractivity contribution is -0.134. The highest BCUT2D eigenvalue weighted by atomic mass is 32.2. The summed E-state index contributed by atoms with van der Waals surface area (Å²) in [5, 5.41) is 2.95. The number of anilines is 1. The normalized spacial score (nSPS) is 20.5. The molecule has 5 nitrogen and oxygen atoms in total. The van der Waals surface area contributed by atoms with Gasteiger partial charge >= 0.3 is 0 Å². The SMILES string of the molecule is O=C1CSc2ccccc2N1CC(=O)N1CCCC[C@@H]1c1nccs1. The molecule has 0 N–H and O–H groups in total. The monoisotopic (exact) mass is 373 g/mol. The average molecular weight is 374 g/mol. The third-order valence-electron chi connectivity index (χ3n) is 4.66. The molecule has 1 aromatic carbocycles. The smallest absolute Gasteiger partial charge is 0.243 e. The van der Waals surface area contributed by atoms with Crippen LogP contribution in [-0.2, 0) is 9.59 Å². The molecule has 25 heavy (non-hydrogen) atoms. The second-order valence-corrected chi connectivity index (χ2v) is 8.15. The number of carbonyl (C=O) groups excluding carboxylic acids is 2. The maximum Gasteiger partial charge on any atom is 0.243 e. The van der Waals surface area contributed by atoms with E-state index in [0.717, 1.165) is 41.4 Å². The number of piperidine rings is 1. The fourth-order valence-electron chi connectivity index (χ4n) is 3.44. The molecular weight excluding hydrogens is 354 g/mol. The van der Waals surface area contributed by atoms with Crippen molar-refractivity contribution in [1.29, 1.82) is 0 Å². The number of benzene rings is 1. The zero-order valence-corrected chi connectivity index (χ0v) is 15.4. The first-order valence-corrected chi connectivity index (χ1v) is 10.3. The number of likely N-dealkylation sites (tertiary alicyclic amines) is 1. The number of fused-ring (bicyclic) bond motifs is 1. The number of hydrogen-bond donors (Lipinski definition) is 0. The van der Waals surface area contributed by atoms with Crippen LogP contribution in [0.1, 0.15) is 30.3 Å². The molecule has 0 bridgehead atoms. The molecular formula is C18H19N3O2S2. The van der Waals surface area contributed by atoms with E-state index in [1.54, 1.807) is 22.4 Å². The summed E-state index contributed by atoms with van der Waals surface area (Å²) in [7, 11) is 0. The van der Waals surface area contributed by atoms with Gasteiger partial charge in [-0.1, -0.05) is 12.1 Å². The summed E-state index contributed by atoms with van der Waals surface area (Å²) in [6, 6.07) is 7.84. The topological polar surface area (TPSA) is 53.5 Å². The van der Waals surface area contributed by atoms with E-state index in [0.29, 0.717) is 5.75 Å². The molecule has 1 aromatic heterocycles. The highest BCUT2D eigenvalue weighted by molar-refractivity contribution is 8.00. The first kappa shape index (κ1) is 16.6. The molecule has 7 heteroatoms. The summed E-state index contributed by atoms with van der Waals surface area (Å²) < 4.78 is 0. The van der Waals surface area contributed by atoms with Crippen LogP contribution in [0.25, 0.3) is 0 Å². The average Bonchev–Trinajstić information content (AvgIpc) is 3.18. The van der Waals surface area contributed by atoms with Crippen LogP contribution in [0.3, 0.4) is 0 Å². The minimum absolute atomic E-state index is 0.000131. The van der Waals surface area contributed by atoms with Crippen molar-refractivity contribution < 1.29 is 9.59 Å². The van der Waals surface area contributed by atoms with Crippen molar-refractivity contribution in [3.63, 3.8) is 0 Å². The fraction of sp³-hybridized carbons (Fsp3) is 0.389. The number of aromatic nitrogens is 1. The van der Waals surface area contributed by atoms with Crippen molar-refractivity contribution in [3.05, 3.63) is 40.8 Å². The minimum Gasteiger partial charge on any atom is -0.332 e. The Kier molecular flexibility index (Phi) is 4.76. The highest BCUT2D eigenvalue weighted by Gasteiger charge is 2.33. The van der Waals surface area contributed by atoms with E-state index in [9.17, 15) is 9.59 Å². The number of rotatable bonds is 3. The fourth-order valence-corrected chi connectivity index (χ4v) is 5.16. The number of amides is 2. The van der Waals surface area contributed by atoms with Gasteiger partial charge in [0.25, 0.3) is 0 Å². The van der Waals surface area contributed by atoms with Crippen LogP contribution in [0.15, 0.2) is 40.7 Å². The van der Waals surface area contributed by atoms with E-state index in [-0.39, 0.29) is 24.4 Å². The van der Waals surface area contributed by atoms with E-state index in [1.165, 1.54) is 11.8 Å². The van der Waals surface area contributed by atoms with Crippen LogP contribution in [0.5, 0.6) is 0 Å². The molecule has 1 saturated heterocycles. The molecule has 1 fully saturated rings. The number of nitrogens with zero attached hydrogens (tertiary/aromatic N) is 3. The Morgan fingerprint density at radius 1 is 1.28 bits per heavy atom. The van der Waals surface area contributed by atoms with Crippen LogP contribution in [0.4, 0.5) is 5.69 Å². The Morgan fingerprint density at radius 3 is 3.00 bits per heavy atom. The van der Waals surface area contributed by atoms with Gasteiger partial charge in [-0.3, -0.25) is 9.59 Å². The van der Waals surface area contributed by atoms with Gasteiger partial charge in [-0.2, -0.15) is 0 Å². The Hall–Kier alpha value is -1.86. The highest BCUT2D eigenvalue weighted by Crippen LogP contribution is 2.36. The molecule has 0 aliphatic carbocycles. The van der Waals surface area contributed by atoms with Crippen molar-refractivity contribution in [2.24, 2.45) is 0 Å². The summed E-state index contributed by atoms with van der Waals surface area (Å²) in [5.74, 6) is 0.398. The molecule has 0 saturated carbocycles. The Balaban J connectivity index is 1.56. The van der Waals surface area contributed by atoms with Crippen LogP contribution in [0, 0.1) is 0 Å². The van der Waals surface area contributed by atoms with E-state index in [1.807, 2.05) is 34.5 Å². The van der Waals surface area contributed by atoms with Crippen LogP contribution in [-0.4, -0.2) is 40.5 Å². The Labute approximate surface area is 155 Å². The Morgan fingerprint density at radius 2 is 2.16 bits per heavy atom. The molecule has 1 atom stereocenters. The lowest BCUT2D eigenvalue weighted by Crippen LogP contribution is -2.47. The van der Waals surface area contributed by atoms with Crippen molar-refractivity contribution in [2.45, 2.75) is 30.2 Å². The Bertz CT molecular complexity index is 778. The van der Waals surface area contributed by atoms with Crippen LogP contribution < -0.4 is 4.90 Å². The number of thioether (sulfide) groups is 1. The third kappa shape index (κ3) is 3.30. The molecule has 3 heterocycles. The van der Waals surface area contributed by atoms with Crippen LogP contribution in [0.2, 0.25) is 0 Å². The summed E-state index contributed by atoms with van der Waals surface area (Å²) >= 11 is 3.13. The van der Waals surface area contributed by atoms with Gasteiger partial charge < -0.3 is 9.80 Å². The van der Waals surface area contributed by atoms with E-state index in [4.69, 9.17) is 0 Å². The third-order valence-corrected chi connectivity index (χ3v) is 6.59. The van der Waals surface area contributed by atoms with Crippen molar-refractivity contribution >= 4 is 40.6 Å². The molecule has 0 unspecified atom stereocenters. The number of para-hydroxylation sites is 1. The van der Waals surface area contributed by atoms with Crippen molar-refractivity contribution in [2.75, 3.05) is 23.7 Å². The van der Waals surface area contributed by atoms with Gasteiger partial charge in [0, 0.05) is 23.0 Å². The van der Waals surface area contributed by atoms with Gasteiger partial charge in [0.15, 0.2) is 0 Å². The number of hydrogen-bond acceptors (Lipinski definition) is 5. The lowest BCUT2D eigenvalue weighted by Gasteiger charge is -2.37. The molecule has 2 aliphatic rings. The van der Waals surface area contributed by atoms with E-state index < -0.39 is 0 Å². The van der Waals surface area contributed by atoms with Gasteiger partial charge in [-0.05, 0) is 31.4 Å². The maximum atomic E-state index is 13.0. The largest absolute Gasteiger partial charge is 0.332 e. The molecule has 0 spiro atoms. The predicted molar refractivity (Wildman–Crippen MR) is 99.9 cm³/mol. The number of thiazole rings is 1. The first-order chi connectivity index (χ1) is 12.2. The standard InChI is InChI=1S/C18H19N3O2S2/c22-16(20-9-4-3-6-14(20)18-19-8-10-24-18)11-21-13-5-1-2-7-15(13)25-12-17(21)23/h1-2,5,7-8,10,14H,3-4,6,9,11-12H2/t14-/m1/s1. The number of carbonyl (C=O) groups is 2. The molecule has 2 aromatic rings. The summed E-state index contributed by atoms with van der Waals surface area (Å²) in [6.07, 6.45) is 4.85. The zero-order chi connectivity index (χ0) is 17.2. The van der Waals surface area contributed by atoms with E-state index in [2.05, 4.69) is 4.98 Å². The molecule has 0 radical (unpaired) electrons. The summed E-state index contributed by atoms with van der Waals surface area (Å²) in [5.41, 5.74) is 0.847. The van der Waals surface area contributed by atoms with Gasteiger partial charge in [-0.15, -0.1) is 23.1 Å². The zero-order valence-electron chi connectivity index (χ0n) is 13.8. The summed E-state index contributed by atoms with van der Waals surface area (Å²) in [4.78, 5) is 34.5. The summed E-state index contributed by atoms with van der Waals surface area (Å²) in [6.45, 7) is 0.847. The molecule has 130 valence electrons. The van der Waals surface area contributed by atoms with Gasteiger partial charge in [-0.25, -0.2) is 4.98 Å². The first-order valence-electron chi connectivity index (χ1n) is 8.45. The minimum atomic E-state index is -0.000131. The van der Waals surface area contributed by atoms with Crippen molar-refractivity contribution in [1.82, 2.24) is 9.88 Å². The molecule has 2 aliphatic heterocycles. The second-order valence-electron chi connectivity index (χ2n) is 6.21. The van der Waals surface area contributed by atoms with Crippen LogP contribution >= 0.6 is 23.1 Å². The molecule has 4 rings (SSSR count). The van der Waals surface area contributed by atoms with Crippen molar-refractivity contribution in [3.8, 4) is 0 Å². The van der Waals surface area contributed by atoms with Gasteiger partial charge in [0.1, 0.15) is 11.6 Å². The maximum absolute atomic E-state index is 13.0. The van der Waals surface area contributed by atoms with E-state index >= 15 is 0 Å². The lowest BCUT2D eigenvalue weighted by atomic mass is 10.0. The second kappa shape index (κ2) is 7.17.